The average Bonchev–Trinajstić information content (AvgIpc) is 2.93. The largest absolute Gasteiger partial charge is 0.427 e. The van der Waals surface area contributed by atoms with Crippen molar-refractivity contribution in [3.8, 4) is 5.75 Å². The van der Waals surface area contributed by atoms with Gasteiger partial charge in [0.15, 0.2) is 0 Å². The number of carbonyl (C=O) groups is 3. The molecule has 0 N–H and O–H groups in total. The summed E-state index contributed by atoms with van der Waals surface area (Å²) in [5, 5.41) is 0. The third-order valence-corrected chi connectivity index (χ3v) is 4.20. The van der Waals surface area contributed by atoms with Crippen LogP contribution in [0.1, 0.15) is 34.2 Å². The number of hydrogen-bond acceptors (Lipinski definition) is 6. The highest BCUT2D eigenvalue weighted by atomic mass is 16.5. The lowest BCUT2D eigenvalue weighted by Crippen LogP contribution is -2.37. The predicted molar refractivity (Wildman–Crippen MR) is 96.2 cm³/mol. The Bertz CT molecular complexity index is 841. The van der Waals surface area contributed by atoms with E-state index >= 15 is 0 Å². The molecule has 1 aliphatic rings. The van der Waals surface area contributed by atoms with Gasteiger partial charge in [0.1, 0.15) is 11.4 Å². The number of aromatic nitrogens is 2. The molecule has 1 fully saturated rings. The van der Waals surface area contributed by atoms with Crippen molar-refractivity contribution in [2.75, 3.05) is 26.2 Å². The second-order valence-electron chi connectivity index (χ2n) is 6.15. The molecule has 0 aliphatic carbocycles. The highest BCUT2D eigenvalue weighted by Gasteiger charge is 2.24. The van der Waals surface area contributed by atoms with Crippen LogP contribution in [0.2, 0.25) is 0 Å². The summed E-state index contributed by atoms with van der Waals surface area (Å²) in [5.41, 5.74) is 0.744. The number of benzene rings is 1. The molecule has 0 bridgehead atoms. The molecule has 1 aliphatic heterocycles. The van der Waals surface area contributed by atoms with Gasteiger partial charge >= 0.3 is 5.97 Å². The minimum Gasteiger partial charge on any atom is -0.427 e. The summed E-state index contributed by atoms with van der Waals surface area (Å²) < 4.78 is 5.04. The van der Waals surface area contributed by atoms with E-state index in [-0.39, 0.29) is 11.8 Å². The minimum absolute atomic E-state index is 0.155. The van der Waals surface area contributed by atoms with E-state index in [0.717, 1.165) is 0 Å². The molecule has 2 heterocycles. The van der Waals surface area contributed by atoms with Gasteiger partial charge in [-0.2, -0.15) is 0 Å². The van der Waals surface area contributed by atoms with Crippen molar-refractivity contribution in [1.82, 2.24) is 19.8 Å². The SMILES string of the molecule is CC(=O)Oc1cccc(C(=O)N2CCCN(C(=O)c3cnccn3)CC2)c1. The van der Waals surface area contributed by atoms with E-state index in [9.17, 15) is 14.4 Å². The predicted octanol–water partition coefficient (Wildman–Crippen LogP) is 1.39. The zero-order valence-corrected chi connectivity index (χ0v) is 15.0. The maximum atomic E-state index is 12.8. The van der Waals surface area contributed by atoms with Crippen LogP contribution in [0.4, 0.5) is 0 Å². The molecular weight excluding hydrogens is 348 g/mol. The van der Waals surface area contributed by atoms with Gasteiger partial charge in [-0.05, 0) is 24.6 Å². The Kier molecular flexibility index (Phi) is 5.75. The summed E-state index contributed by atoms with van der Waals surface area (Å²) in [6.45, 7) is 3.24. The van der Waals surface area contributed by atoms with E-state index in [1.165, 1.54) is 25.5 Å². The quantitative estimate of drug-likeness (QED) is 0.600. The Morgan fingerprint density at radius 1 is 1.00 bits per heavy atom. The summed E-state index contributed by atoms with van der Waals surface area (Å²) in [5.74, 6) is -0.442. The lowest BCUT2D eigenvalue weighted by Gasteiger charge is -2.22. The first kappa shape index (κ1) is 18.5. The molecule has 8 heteroatoms. The maximum absolute atomic E-state index is 12.8. The van der Waals surface area contributed by atoms with E-state index < -0.39 is 5.97 Å². The highest BCUT2D eigenvalue weighted by Crippen LogP contribution is 2.17. The van der Waals surface area contributed by atoms with Crippen LogP contribution in [-0.4, -0.2) is 63.7 Å². The first-order chi connectivity index (χ1) is 13.0. The van der Waals surface area contributed by atoms with Crippen LogP contribution in [0.25, 0.3) is 0 Å². The van der Waals surface area contributed by atoms with Crippen molar-refractivity contribution in [3.05, 3.63) is 54.1 Å². The molecule has 0 saturated carbocycles. The van der Waals surface area contributed by atoms with E-state index in [0.29, 0.717) is 49.6 Å². The molecular formula is C19H20N4O4. The monoisotopic (exact) mass is 368 g/mol. The lowest BCUT2D eigenvalue weighted by molar-refractivity contribution is -0.131. The van der Waals surface area contributed by atoms with Crippen molar-refractivity contribution >= 4 is 17.8 Å². The third kappa shape index (κ3) is 4.66. The fourth-order valence-corrected chi connectivity index (χ4v) is 2.94. The van der Waals surface area contributed by atoms with Crippen molar-refractivity contribution in [3.63, 3.8) is 0 Å². The Morgan fingerprint density at radius 3 is 2.41 bits per heavy atom. The van der Waals surface area contributed by atoms with Gasteiger partial charge in [-0.25, -0.2) is 4.98 Å². The Hall–Kier alpha value is -3.29. The molecule has 0 atom stereocenters. The highest BCUT2D eigenvalue weighted by molar-refractivity contribution is 5.95. The molecule has 2 amide bonds. The van der Waals surface area contributed by atoms with Crippen LogP contribution in [-0.2, 0) is 4.79 Å². The Balaban J connectivity index is 1.66. The zero-order chi connectivity index (χ0) is 19.2. The van der Waals surface area contributed by atoms with Gasteiger partial charge in [-0.3, -0.25) is 19.4 Å². The Labute approximate surface area is 156 Å². The van der Waals surface area contributed by atoms with Gasteiger partial charge in [-0.1, -0.05) is 6.07 Å². The molecule has 3 rings (SSSR count). The van der Waals surface area contributed by atoms with Crippen molar-refractivity contribution in [2.24, 2.45) is 0 Å². The summed E-state index contributed by atoms with van der Waals surface area (Å²) >= 11 is 0. The summed E-state index contributed by atoms with van der Waals surface area (Å²) in [7, 11) is 0. The van der Waals surface area contributed by atoms with E-state index in [4.69, 9.17) is 4.74 Å². The molecule has 0 spiro atoms. The maximum Gasteiger partial charge on any atom is 0.308 e. The number of ether oxygens (including phenoxy) is 1. The molecule has 27 heavy (non-hydrogen) atoms. The van der Waals surface area contributed by atoms with Gasteiger partial charge in [0, 0.05) is 51.1 Å². The number of hydrogen-bond donors (Lipinski definition) is 0. The molecule has 0 unspecified atom stereocenters. The zero-order valence-electron chi connectivity index (χ0n) is 15.0. The number of amides is 2. The van der Waals surface area contributed by atoms with Crippen molar-refractivity contribution in [2.45, 2.75) is 13.3 Å². The normalized spacial score (nSPS) is 14.4. The van der Waals surface area contributed by atoms with E-state index in [1.807, 2.05) is 0 Å². The topological polar surface area (TPSA) is 92.7 Å². The van der Waals surface area contributed by atoms with Gasteiger partial charge < -0.3 is 14.5 Å². The van der Waals surface area contributed by atoms with Crippen LogP contribution in [0.5, 0.6) is 5.75 Å². The van der Waals surface area contributed by atoms with Gasteiger partial charge in [-0.15, -0.1) is 0 Å². The van der Waals surface area contributed by atoms with Crippen molar-refractivity contribution < 1.29 is 19.1 Å². The van der Waals surface area contributed by atoms with Crippen molar-refractivity contribution in [1.29, 1.82) is 0 Å². The number of nitrogens with zero attached hydrogens (tertiary/aromatic N) is 4. The number of rotatable bonds is 3. The summed E-state index contributed by atoms with van der Waals surface area (Å²) in [6.07, 6.45) is 5.11. The van der Waals surface area contributed by atoms with Crippen LogP contribution in [0.3, 0.4) is 0 Å². The molecule has 1 saturated heterocycles. The lowest BCUT2D eigenvalue weighted by atomic mass is 10.2. The van der Waals surface area contributed by atoms with E-state index in [2.05, 4.69) is 9.97 Å². The van der Waals surface area contributed by atoms with Gasteiger partial charge in [0.2, 0.25) is 0 Å². The molecule has 1 aromatic carbocycles. The molecule has 0 radical (unpaired) electrons. The third-order valence-electron chi connectivity index (χ3n) is 4.20. The standard InChI is InChI=1S/C19H20N4O4/c1-14(24)27-16-5-2-4-15(12-16)18(25)22-8-3-9-23(11-10-22)19(26)17-13-20-6-7-21-17/h2,4-7,12-13H,3,8-11H2,1H3. The number of esters is 1. The van der Waals surface area contributed by atoms with Gasteiger partial charge in [0.05, 0.1) is 6.20 Å². The van der Waals surface area contributed by atoms with Crippen LogP contribution >= 0.6 is 0 Å². The average molecular weight is 368 g/mol. The van der Waals surface area contributed by atoms with Crippen LogP contribution in [0.15, 0.2) is 42.9 Å². The molecule has 8 nitrogen and oxygen atoms in total. The van der Waals surface area contributed by atoms with Crippen LogP contribution in [0, 0.1) is 0 Å². The fourth-order valence-electron chi connectivity index (χ4n) is 2.94. The first-order valence-electron chi connectivity index (χ1n) is 8.67. The fraction of sp³-hybridized carbons (Fsp3) is 0.316. The second-order valence-corrected chi connectivity index (χ2v) is 6.15. The molecule has 140 valence electrons. The first-order valence-corrected chi connectivity index (χ1v) is 8.67. The summed E-state index contributed by atoms with van der Waals surface area (Å²) in [6, 6.07) is 6.54. The molecule has 1 aromatic heterocycles. The Morgan fingerprint density at radius 2 is 1.74 bits per heavy atom. The summed E-state index contributed by atoms with van der Waals surface area (Å²) in [4.78, 5) is 47.8. The second kappa shape index (κ2) is 8.39. The number of carbonyl (C=O) groups excluding carboxylic acids is 3. The minimum atomic E-state index is -0.437. The van der Waals surface area contributed by atoms with E-state index in [1.54, 1.807) is 34.1 Å². The molecule has 2 aromatic rings. The van der Waals surface area contributed by atoms with Crippen LogP contribution < -0.4 is 4.74 Å². The smallest absolute Gasteiger partial charge is 0.308 e. The van der Waals surface area contributed by atoms with Gasteiger partial charge in [0.25, 0.3) is 11.8 Å².